The number of allylic oxidation sites excluding steroid dienone is 3. The Labute approximate surface area is 147 Å². The maximum atomic E-state index is 4.49. The fourth-order valence-corrected chi connectivity index (χ4v) is 2.37. The lowest BCUT2D eigenvalue weighted by Gasteiger charge is -2.11. The minimum Gasteiger partial charge on any atom is -0.355 e. The van der Waals surface area contributed by atoms with Gasteiger partial charge in [-0.3, -0.25) is 15.1 Å². The molecule has 5 nitrogen and oxygen atoms in total. The van der Waals surface area contributed by atoms with Crippen molar-refractivity contribution in [1.82, 2.24) is 10.2 Å². The smallest absolute Gasteiger partial charge is 0.0699 e. The second kappa shape index (κ2) is 7.57. The average molecular weight is 331 g/mol. The van der Waals surface area contributed by atoms with Crippen molar-refractivity contribution in [3.05, 3.63) is 66.3 Å². The van der Waals surface area contributed by atoms with E-state index in [9.17, 15) is 0 Å². The molecule has 0 unspecified atom stereocenters. The van der Waals surface area contributed by atoms with Crippen LogP contribution >= 0.6 is 0 Å². The molecular weight excluding hydrogens is 310 g/mol. The summed E-state index contributed by atoms with van der Waals surface area (Å²) in [5.74, 6) is 0. The van der Waals surface area contributed by atoms with E-state index in [0.717, 1.165) is 45.9 Å². The van der Waals surface area contributed by atoms with Crippen molar-refractivity contribution in [3.8, 4) is 0 Å². The number of hydrogen-bond donors (Lipinski definition) is 2. The molecule has 0 bridgehead atoms. The Balaban J connectivity index is 1.71. The van der Waals surface area contributed by atoms with Crippen molar-refractivity contribution in [2.24, 2.45) is 9.98 Å². The van der Waals surface area contributed by atoms with Gasteiger partial charge in [-0.25, -0.2) is 0 Å². The van der Waals surface area contributed by atoms with Gasteiger partial charge in [0, 0.05) is 41.8 Å². The largest absolute Gasteiger partial charge is 0.355 e. The van der Waals surface area contributed by atoms with E-state index in [0.29, 0.717) is 0 Å². The zero-order valence-electron chi connectivity index (χ0n) is 14.5. The first-order valence-electron chi connectivity index (χ1n) is 8.13. The summed E-state index contributed by atoms with van der Waals surface area (Å²) in [5, 5.41) is 10.1. The van der Waals surface area contributed by atoms with Gasteiger partial charge in [-0.05, 0) is 37.6 Å². The van der Waals surface area contributed by atoms with E-state index < -0.39 is 0 Å². The predicted octanol–water partition coefficient (Wildman–Crippen LogP) is 4.98. The fraction of sp³-hybridized carbons (Fsp3) is 0.150. The molecule has 5 heteroatoms. The highest BCUT2D eigenvalue weighted by atomic mass is 15.1. The topological polar surface area (TPSA) is 65.4 Å². The van der Waals surface area contributed by atoms with E-state index in [2.05, 4.69) is 50.3 Å². The number of nitrogens with one attached hydrogen (secondary N) is 2. The Morgan fingerprint density at radius 1 is 1.36 bits per heavy atom. The molecule has 0 atom stereocenters. The van der Waals surface area contributed by atoms with E-state index in [1.807, 2.05) is 44.6 Å². The highest BCUT2D eigenvalue weighted by Crippen LogP contribution is 2.26. The summed E-state index contributed by atoms with van der Waals surface area (Å²) < 4.78 is 0. The van der Waals surface area contributed by atoms with Gasteiger partial charge in [-0.15, -0.1) is 0 Å². The zero-order valence-corrected chi connectivity index (χ0v) is 14.5. The van der Waals surface area contributed by atoms with Crippen LogP contribution in [0.3, 0.4) is 0 Å². The van der Waals surface area contributed by atoms with Gasteiger partial charge >= 0.3 is 0 Å². The van der Waals surface area contributed by atoms with Gasteiger partial charge < -0.3 is 5.32 Å². The number of anilines is 1. The molecule has 2 N–H and O–H groups in total. The number of aromatic amines is 1. The molecule has 25 heavy (non-hydrogen) atoms. The van der Waals surface area contributed by atoms with E-state index >= 15 is 0 Å². The second-order valence-corrected chi connectivity index (χ2v) is 5.84. The number of aromatic nitrogens is 2. The second-order valence-electron chi connectivity index (χ2n) is 5.84. The number of fused-ring (bicyclic) bond motifs is 1. The summed E-state index contributed by atoms with van der Waals surface area (Å²) >= 11 is 0. The van der Waals surface area contributed by atoms with Crippen LogP contribution in [0.15, 0.2) is 65.1 Å². The molecule has 0 fully saturated rings. The van der Waals surface area contributed by atoms with E-state index in [4.69, 9.17) is 0 Å². The Bertz CT molecular complexity index is 883. The lowest BCUT2D eigenvalue weighted by Crippen LogP contribution is -2.06. The van der Waals surface area contributed by atoms with Crippen LogP contribution in [0.4, 0.5) is 11.4 Å². The van der Waals surface area contributed by atoms with Gasteiger partial charge in [0.15, 0.2) is 0 Å². The summed E-state index contributed by atoms with van der Waals surface area (Å²) in [6.45, 7) is 8.01. The predicted molar refractivity (Wildman–Crippen MR) is 106 cm³/mol. The molecule has 1 aliphatic heterocycles. The lowest BCUT2D eigenvalue weighted by molar-refractivity contribution is 1.09. The Morgan fingerprint density at radius 2 is 2.24 bits per heavy atom. The third-order valence-corrected chi connectivity index (χ3v) is 3.93. The summed E-state index contributed by atoms with van der Waals surface area (Å²) in [7, 11) is 0. The number of benzene rings is 1. The van der Waals surface area contributed by atoms with Crippen LogP contribution in [0.5, 0.6) is 0 Å². The SMILES string of the molecule is C=C(Nc1ccc2c(c1)C=CCC=N2)C(C)=N/C=C(\C)c1cn[nH]c1. The number of nitrogens with zero attached hydrogens (tertiary/aromatic N) is 3. The quantitative estimate of drug-likeness (QED) is 0.759. The number of H-pyrrole nitrogens is 1. The molecule has 0 radical (unpaired) electrons. The molecule has 0 saturated carbocycles. The molecule has 0 spiro atoms. The highest BCUT2D eigenvalue weighted by Gasteiger charge is 2.04. The first-order chi connectivity index (χ1) is 12.1. The number of hydrogen-bond acceptors (Lipinski definition) is 4. The maximum absolute atomic E-state index is 4.49. The van der Waals surface area contributed by atoms with Crippen LogP contribution in [-0.2, 0) is 0 Å². The molecule has 3 rings (SSSR count). The first-order valence-corrected chi connectivity index (χ1v) is 8.13. The van der Waals surface area contributed by atoms with Crippen molar-refractivity contribution in [2.75, 3.05) is 5.32 Å². The third-order valence-electron chi connectivity index (χ3n) is 3.93. The van der Waals surface area contributed by atoms with Gasteiger partial charge in [0.1, 0.15) is 0 Å². The number of aliphatic imine (C=N–C) groups is 2. The summed E-state index contributed by atoms with van der Waals surface area (Å²) in [6.07, 6.45) is 12.4. The minimum absolute atomic E-state index is 0.761. The molecule has 2 aromatic rings. The molecule has 0 amide bonds. The molecular formula is C20H21N5. The summed E-state index contributed by atoms with van der Waals surface area (Å²) in [5.41, 5.74) is 6.69. The molecule has 1 aromatic heterocycles. The highest BCUT2D eigenvalue weighted by molar-refractivity contribution is 6.01. The Hall–Kier alpha value is -3.21. The Kier molecular flexibility index (Phi) is 5.04. The van der Waals surface area contributed by atoms with Gasteiger partial charge in [0.25, 0.3) is 0 Å². The number of rotatable bonds is 5. The van der Waals surface area contributed by atoms with Gasteiger partial charge in [0.2, 0.25) is 0 Å². The van der Waals surface area contributed by atoms with Crippen molar-refractivity contribution < 1.29 is 0 Å². The molecule has 126 valence electrons. The van der Waals surface area contributed by atoms with Crippen LogP contribution < -0.4 is 5.32 Å². The minimum atomic E-state index is 0.761. The fourth-order valence-electron chi connectivity index (χ4n) is 2.37. The van der Waals surface area contributed by atoms with Crippen molar-refractivity contribution in [1.29, 1.82) is 0 Å². The summed E-state index contributed by atoms with van der Waals surface area (Å²) in [6, 6.07) is 6.08. The first kappa shape index (κ1) is 16.6. The summed E-state index contributed by atoms with van der Waals surface area (Å²) in [4.78, 5) is 8.93. The van der Waals surface area contributed by atoms with Crippen LogP contribution in [-0.4, -0.2) is 22.1 Å². The lowest BCUT2D eigenvalue weighted by atomic mass is 10.1. The van der Waals surface area contributed by atoms with E-state index in [-0.39, 0.29) is 0 Å². The molecule has 0 saturated heterocycles. The maximum Gasteiger partial charge on any atom is 0.0699 e. The third kappa shape index (κ3) is 4.20. The molecule has 2 heterocycles. The van der Waals surface area contributed by atoms with Crippen molar-refractivity contribution in [2.45, 2.75) is 20.3 Å². The monoisotopic (exact) mass is 331 g/mol. The van der Waals surface area contributed by atoms with Crippen LogP contribution in [0.2, 0.25) is 0 Å². The average Bonchev–Trinajstić information content (AvgIpc) is 3.05. The standard InChI is InChI=1S/C20H21N5/c1-14(18-12-23-24-13-18)11-22-15(2)16(3)25-19-7-8-20-17(10-19)6-4-5-9-21-20/h4,6-13,25H,3,5H2,1-2H3,(H,23,24)/b14-11+,22-15?. The molecule has 1 aromatic carbocycles. The molecule has 0 aliphatic carbocycles. The normalized spacial score (nSPS) is 14.2. The van der Waals surface area contributed by atoms with Crippen LogP contribution in [0.1, 0.15) is 31.4 Å². The van der Waals surface area contributed by atoms with Gasteiger partial charge in [0.05, 0.1) is 23.3 Å². The zero-order chi connectivity index (χ0) is 17.6. The van der Waals surface area contributed by atoms with Gasteiger partial charge in [-0.2, -0.15) is 5.10 Å². The van der Waals surface area contributed by atoms with Gasteiger partial charge in [-0.1, -0.05) is 18.7 Å². The van der Waals surface area contributed by atoms with Crippen LogP contribution in [0, 0.1) is 0 Å². The van der Waals surface area contributed by atoms with E-state index in [1.54, 1.807) is 6.20 Å². The Morgan fingerprint density at radius 3 is 3.04 bits per heavy atom. The van der Waals surface area contributed by atoms with E-state index in [1.165, 1.54) is 0 Å². The van der Waals surface area contributed by atoms with Crippen molar-refractivity contribution in [3.63, 3.8) is 0 Å². The molecule has 1 aliphatic rings. The van der Waals surface area contributed by atoms with Crippen molar-refractivity contribution >= 4 is 35.0 Å². The van der Waals surface area contributed by atoms with Crippen LogP contribution in [0.25, 0.3) is 11.6 Å².